The molecule has 2 heterocycles. The quantitative estimate of drug-likeness (QED) is 0.136. The molecule has 0 aliphatic heterocycles. The van der Waals surface area contributed by atoms with Crippen LogP contribution in [0, 0.1) is 17.2 Å². The second kappa shape index (κ2) is 14.5. The number of nitrogens with zero attached hydrogens (tertiary/aromatic N) is 3. The molecule has 0 spiro atoms. The van der Waals surface area contributed by atoms with Crippen LogP contribution < -0.4 is 21.5 Å². The summed E-state index contributed by atoms with van der Waals surface area (Å²) in [5, 5.41) is 14.0. The van der Waals surface area contributed by atoms with E-state index in [0.29, 0.717) is 11.3 Å². The molecule has 242 valence electrons. The fraction of sp³-hybridized carbons (Fsp3) is 0.500. The second-order valence-corrected chi connectivity index (χ2v) is 12.3. The van der Waals surface area contributed by atoms with Crippen molar-refractivity contribution in [2.24, 2.45) is 5.92 Å². The van der Waals surface area contributed by atoms with Gasteiger partial charge in [0.2, 0.25) is 5.92 Å². The number of pyridine rings is 1. The van der Waals surface area contributed by atoms with Crippen LogP contribution in [0.3, 0.4) is 0 Å². The molecule has 1 fully saturated rings. The predicted octanol–water partition coefficient (Wildman–Crippen LogP) is 5.62. The first kappa shape index (κ1) is 35.0. The lowest BCUT2D eigenvalue weighted by molar-refractivity contribution is -0.137. The van der Waals surface area contributed by atoms with Crippen molar-refractivity contribution >= 4 is 40.3 Å². The Hall–Kier alpha value is -4.51. The molecule has 0 saturated heterocycles. The summed E-state index contributed by atoms with van der Waals surface area (Å²) in [5.74, 6) is -1.89. The number of thiazole rings is 1. The van der Waals surface area contributed by atoms with Crippen LogP contribution in [-0.2, 0) is 14.3 Å². The minimum Gasteiger partial charge on any atom is -0.444 e. The van der Waals surface area contributed by atoms with Crippen LogP contribution in [0.5, 0.6) is 0 Å². The second-order valence-electron chi connectivity index (χ2n) is 11.2. The fourth-order valence-corrected chi connectivity index (χ4v) is 5.41. The van der Waals surface area contributed by atoms with Gasteiger partial charge in [-0.15, -0.1) is 11.3 Å². The molecular formula is C28H30F5N7O4S. The minimum absolute atomic E-state index is 0.0443. The first-order valence-corrected chi connectivity index (χ1v) is 14.4. The molecule has 0 bridgehead atoms. The highest BCUT2D eigenvalue weighted by Gasteiger charge is 2.41. The summed E-state index contributed by atoms with van der Waals surface area (Å²) in [5.41, 5.74) is 3.37. The number of carbonyl (C=O) groups excluding carboxylic acids is 3. The van der Waals surface area contributed by atoms with E-state index in [0.717, 1.165) is 6.20 Å². The van der Waals surface area contributed by atoms with Crippen molar-refractivity contribution in [3.63, 3.8) is 0 Å². The zero-order valence-corrected chi connectivity index (χ0v) is 25.2. The summed E-state index contributed by atoms with van der Waals surface area (Å²) in [6, 6.07) is 3.48. The number of nitriles is 1. The average Bonchev–Trinajstić information content (AvgIpc) is 3.42. The molecule has 1 aliphatic carbocycles. The number of hydrazine groups is 1. The number of amides is 1. The van der Waals surface area contributed by atoms with Gasteiger partial charge in [0.15, 0.2) is 5.13 Å². The van der Waals surface area contributed by atoms with Crippen LogP contribution in [-0.4, -0.2) is 51.7 Å². The van der Waals surface area contributed by atoms with Crippen molar-refractivity contribution in [3.8, 4) is 6.07 Å². The maximum Gasteiger partial charge on any atom is 0.408 e. The summed E-state index contributed by atoms with van der Waals surface area (Å²) in [4.78, 5) is 44.4. The van der Waals surface area contributed by atoms with Gasteiger partial charge >= 0.3 is 12.3 Å². The summed E-state index contributed by atoms with van der Waals surface area (Å²) in [6.45, 7) is 4.83. The Bertz CT molecular complexity index is 1480. The first-order chi connectivity index (χ1) is 21.0. The first-order valence-electron chi connectivity index (χ1n) is 13.6. The van der Waals surface area contributed by atoms with Gasteiger partial charge in [0, 0.05) is 30.1 Å². The number of aromatic nitrogens is 2. The normalized spacial score (nSPS) is 16.2. The van der Waals surface area contributed by atoms with Crippen LogP contribution in [0.1, 0.15) is 69.2 Å². The maximum absolute atomic E-state index is 13.9. The summed E-state index contributed by atoms with van der Waals surface area (Å²) in [7, 11) is 0. The number of ether oxygens (including phenoxy) is 1. The third-order valence-corrected chi connectivity index (χ3v) is 7.57. The van der Waals surface area contributed by atoms with Gasteiger partial charge in [-0.1, -0.05) is 0 Å². The van der Waals surface area contributed by atoms with Gasteiger partial charge in [-0.2, -0.15) is 18.4 Å². The number of carbonyl (C=O) groups is 1. The number of alkyl halides is 5. The van der Waals surface area contributed by atoms with E-state index in [1.807, 2.05) is 6.07 Å². The molecule has 11 nitrogen and oxygen atoms in total. The van der Waals surface area contributed by atoms with Crippen molar-refractivity contribution in [3.05, 3.63) is 46.4 Å². The Labute approximate surface area is 258 Å². The zero-order valence-electron chi connectivity index (χ0n) is 24.3. The zero-order chi connectivity index (χ0) is 33.4. The van der Waals surface area contributed by atoms with E-state index in [4.69, 9.17) is 10.00 Å². The highest BCUT2D eigenvalue weighted by atomic mass is 32.1. The van der Waals surface area contributed by atoms with Crippen molar-refractivity contribution in [1.29, 1.82) is 5.26 Å². The Morgan fingerprint density at radius 3 is 2.31 bits per heavy atom. The molecule has 0 aromatic carbocycles. The molecule has 1 amide bonds. The topological polar surface area (TPSA) is 158 Å². The summed E-state index contributed by atoms with van der Waals surface area (Å²) >= 11 is 0.683. The Morgan fingerprint density at radius 1 is 1.11 bits per heavy atom. The van der Waals surface area contributed by atoms with E-state index >= 15 is 0 Å². The summed E-state index contributed by atoms with van der Waals surface area (Å²) in [6.07, 6.45) is -5.88. The van der Waals surface area contributed by atoms with Crippen molar-refractivity contribution < 1.29 is 41.1 Å². The van der Waals surface area contributed by atoms with E-state index < -0.39 is 66.6 Å². The molecule has 2 aromatic rings. The largest absolute Gasteiger partial charge is 0.444 e. The third-order valence-electron chi connectivity index (χ3n) is 6.55. The maximum atomic E-state index is 13.9. The van der Waals surface area contributed by atoms with E-state index in [-0.39, 0.29) is 39.9 Å². The number of halogens is 5. The molecule has 1 aliphatic rings. The number of anilines is 2. The Balaban J connectivity index is 1.84. The number of hydrogen-bond donors (Lipinski definition) is 4. The average molecular weight is 656 g/mol. The minimum atomic E-state index is -4.72. The van der Waals surface area contributed by atoms with E-state index in [9.17, 15) is 36.3 Å². The fourth-order valence-electron chi connectivity index (χ4n) is 4.47. The van der Waals surface area contributed by atoms with Crippen molar-refractivity contribution in [1.82, 2.24) is 20.7 Å². The van der Waals surface area contributed by atoms with Gasteiger partial charge in [-0.3, -0.25) is 10.9 Å². The van der Waals surface area contributed by atoms with Gasteiger partial charge in [0.1, 0.15) is 40.8 Å². The van der Waals surface area contributed by atoms with Gasteiger partial charge < -0.3 is 15.4 Å². The highest BCUT2D eigenvalue weighted by Crippen LogP contribution is 2.40. The molecule has 4 N–H and O–H groups in total. The smallest absolute Gasteiger partial charge is 0.408 e. The molecule has 1 unspecified atom stereocenters. The van der Waals surface area contributed by atoms with Gasteiger partial charge in [0.25, 0.3) is 0 Å². The number of nitrogens with one attached hydrogen (secondary N) is 4. The van der Waals surface area contributed by atoms with E-state index in [2.05, 4.69) is 31.5 Å². The van der Waals surface area contributed by atoms with Gasteiger partial charge in [-0.05, 0) is 51.7 Å². The number of allylic oxidation sites excluding steroid dienone is 1. The number of alkyl carbamates (subject to hydrolysis) is 1. The number of hydrogen-bond acceptors (Lipinski definition) is 11. The lowest BCUT2D eigenvalue weighted by Crippen LogP contribution is -2.47. The Kier molecular flexibility index (Phi) is 11.3. The Morgan fingerprint density at radius 2 is 1.78 bits per heavy atom. The van der Waals surface area contributed by atoms with Crippen LogP contribution in [0.15, 0.2) is 35.9 Å². The van der Waals surface area contributed by atoms with Crippen LogP contribution >= 0.6 is 11.3 Å². The van der Waals surface area contributed by atoms with Gasteiger partial charge in [0.05, 0.1) is 23.9 Å². The molecule has 0 radical (unpaired) electrons. The lowest BCUT2D eigenvalue weighted by Gasteiger charge is -2.34. The highest BCUT2D eigenvalue weighted by molar-refractivity contribution is 7.15. The van der Waals surface area contributed by atoms with Crippen molar-refractivity contribution in [2.45, 2.75) is 82.5 Å². The lowest BCUT2D eigenvalue weighted by atomic mass is 9.81. The third kappa shape index (κ3) is 10.9. The SMILES string of the molecule is CC(C)(C)OC(=O)N[C@H](C(=C=O)Nc1ncc(C(CC(F)(F)F)C(=C=O)NNc2ccc(C#N)cn2)s1)C1CCC(F)(F)CC1. The summed E-state index contributed by atoms with van der Waals surface area (Å²) < 4.78 is 73.8. The van der Waals surface area contributed by atoms with Crippen molar-refractivity contribution in [2.75, 3.05) is 10.7 Å². The molecule has 17 heteroatoms. The van der Waals surface area contributed by atoms with E-state index in [1.54, 1.807) is 26.7 Å². The predicted molar refractivity (Wildman–Crippen MR) is 153 cm³/mol. The molecule has 3 rings (SSSR count). The van der Waals surface area contributed by atoms with Crippen LogP contribution in [0.25, 0.3) is 0 Å². The molecule has 2 atom stereocenters. The van der Waals surface area contributed by atoms with Gasteiger partial charge in [-0.25, -0.2) is 33.1 Å². The molecular weight excluding hydrogens is 625 g/mol. The monoisotopic (exact) mass is 655 g/mol. The molecule has 2 aromatic heterocycles. The van der Waals surface area contributed by atoms with Crippen LogP contribution in [0.4, 0.5) is 37.7 Å². The van der Waals surface area contributed by atoms with E-state index in [1.165, 1.54) is 24.3 Å². The standard InChI is InChI=1S/C28H30F5N7O4S/c1-26(2,3)44-25(43)38-23(17-6-8-27(29,30)9-7-17)20(15-42)37-24-36-13-21(45-24)18(10-28(31,32)33)19(14-41)39-40-22-5-4-16(11-34)12-35-22/h4-5,12-13,17-18,23,39H,6-10H2,1-3H3,(H,35,40)(H,36,37)(H,38,43)/t18?,23-/m0/s1. The molecule has 45 heavy (non-hydrogen) atoms. The number of rotatable bonds is 11. The van der Waals surface area contributed by atoms with Crippen LogP contribution in [0.2, 0.25) is 0 Å². The molecule has 1 saturated carbocycles.